The number of thioether (sulfide) groups is 1. The van der Waals surface area contributed by atoms with Crippen molar-refractivity contribution in [3.05, 3.63) is 55.1 Å². The summed E-state index contributed by atoms with van der Waals surface area (Å²) < 4.78 is 2.08. The zero-order valence-corrected chi connectivity index (χ0v) is 11.9. The van der Waals surface area contributed by atoms with Crippen LogP contribution in [0.25, 0.3) is 11.4 Å². The molecule has 0 N–H and O–H groups in total. The molecule has 0 saturated heterocycles. The van der Waals surface area contributed by atoms with Crippen LogP contribution in [0.3, 0.4) is 0 Å². The van der Waals surface area contributed by atoms with Crippen LogP contribution >= 0.6 is 11.8 Å². The van der Waals surface area contributed by atoms with Gasteiger partial charge in [0, 0.05) is 17.9 Å². The zero-order chi connectivity index (χ0) is 13.7. The third-order valence-corrected chi connectivity index (χ3v) is 3.63. The first-order valence-corrected chi connectivity index (χ1v) is 7.09. The number of rotatable bonds is 6. The highest BCUT2D eigenvalue weighted by Gasteiger charge is 2.12. The topological polar surface area (TPSA) is 30.7 Å². The molecule has 1 aromatic carbocycles. The molecule has 0 radical (unpaired) electrons. The summed E-state index contributed by atoms with van der Waals surface area (Å²) in [4.78, 5) is 0. The van der Waals surface area contributed by atoms with Gasteiger partial charge in [0.15, 0.2) is 11.0 Å². The van der Waals surface area contributed by atoms with Crippen molar-refractivity contribution in [2.45, 2.75) is 18.6 Å². The van der Waals surface area contributed by atoms with Gasteiger partial charge >= 0.3 is 0 Å². The number of nitrogens with zero attached hydrogens (tertiary/aromatic N) is 3. The number of hydrogen-bond acceptors (Lipinski definition) is 3. The van der Waals surface area contributed by atoms with Gasteiger partial charge in [0.25, 0.3) is 0 Å². The van der Waals surface area contributed by atoms with Crippen LogP contribution in [0.2, 0.25) is 0 Å². The van der Waals surface area contributed by atoms with Crippen LogP contribution in [0.5, 0.6) is 0 Å². The third-order valence-electron chi connectivity index (χ3n) is 2.67. The molecule has 2 rings (SSSR count). The molecule has 0 saturated carbocycles. The number of aromatic nitrogens is 3. The molecular weight excluding hydrogens is 254 g/mol. The minimum Gasteiger partial charge on any atom is -0.298 e. The molecule has 0 aliphatic heterocycles. The number of aryl methyl sites for hydroxylation is 1. The standard InChI is InChI=1S/C15H17N3S/c1-4-10-18-14(13-8-6-12(3)7-9-13)16-17-15(18)19-11-5-2/h4-9H,1-2,10-11H2,3H3. The van der Waals surface area contributed by atoms with E-state index < -0.39 is 0 Å². The molecule has 2 aromatic rings. The third kappa shape index (κ3) is 3.15. The smallest absolute Gasteiger partial charge is 0.192 e. The van der Waals surface area contributed by atoms with Gasteiger partial charge in [0.1, 0.15) is 0 Å². The lowest BCUT2D eigenvalue weighted by atomic mass is 10.1. The Kier molecular flexibility index (Phi) is 4.58. The Bertz CT molecular complexity index is 570. The van der Waals surface area contributed by atoms with Gasteiger partial charge in [-0.3, -0.25) is 4.57 Å². The molecule has 0 aliphatic carbocycles. The molecule has 4 heteroatoms. The Morgan fingerprint density at radius 2 is 1.89 bits per heavy atom. The van der Waals surface area contributed by atoms with E-state index in [-0.39, 0.29) is 0 Å². The fraction of sp³-hybridized carbons (Fsp3) is 0.200. The minimum absolute atomic E-state index is 0.704. The minimum atomic E-state index is 0.704. The molecule has 1 aromatic heterocycles. The van der Waals surface area contributed by atoms with Crippen molar-refractivity contribution < 1.29 is 0 Å². The summed E-state index contributed by atoms with van der Waals surface area (Å²) in [5, 5.41) is 9.45. The zero-order valence-electron chi connectivity index (χ0n) is 11.0. The summed E-state index contributed by atoms with van der Waals surface area (Å²) in [6, 6.07) is 8.30. The molecule has 1 heterocycles. The SMILES string of the molecule is C=CCSc1nnc(-c2ccc(C)cc2)n1CC=C. The lowest BCUT2D eigenvalue weighted by molar-refractivity contribution is 0.732. The molecular formula is C15H17N3S. The van der Waals surface area contributed by atoms with Gasteiger partial charge in [0.05, 0.1) is 0 Å². The van der Waals surface area contributed by atoms with E-state index in [2.05, 4.69) is 59.1 Å². The molecule has 3 nitrogen and oxygen atoms in total. The van der Waals surface area contributed by atoms with Gasteiger partial charge in [-0.2, -0.15) is 0 Å². The van der Waals surface area contributed by atoms with E-state index in [1.165, 1.54) is 5.56 Å². The first-order valence-electron chi connectivity index (χ1n) is 6.11. The quantitative estimate of drug-likeness (QED) is 0.592. The lowest BCUT2D eigenvalue weighted by Gasteiger charge is -2.07. The molecule has 19 heavy (non-hydrogen) atoms. The van der Waals surface area contributed by atoms with E-state index in [0.717, 1.165) is 22.3 Å². The van der Waals surface area contributed by atoms with Gasteiger partial charge in [-0.25, -0.2) is 0 Å². The molecule has 0 spiro atoms. The van der Waals surface area contributed by atoms with E-state index in [4.69, 9.17) is 0 Å². The monoisotopic (exact) mass is 271 g/mol. The van der Waals surface area contributed by atoms with Crippen molar-refractivity contribution in [2.24, 2.45) is 0 Å². The molecule has 0 unspecified atom stereocenters. The van der Waals surface area contributed by atoms with Gasteiger partial charge in [-0.1, -0.05) is 53.7 Å². The van der Waals surface area contributed by atoms with Crippen LogP contribution in [-0.4, -0.2) is 20.5 Å². The predicted octanol–water partition coefficient (Wildman–Crippen LogP) is 3.72. The van der Waals surface area contributed by atoms with E-state index >= 15 is 0 Å². The summed E-state index contributed by atoms with van der Waals surface area (Å²) >= 11 is 1.63. The van der Waals surface area contributed by atoms with E-state index in [0.29, 0.717) is 6.54 Å². The molecule has 0 fully saturated rings. The average Bonchev–Trinajstić information content (AvgIpc) is 2.81. The first-order chi connectivity index (χ1) is 9.26. The predicted molar refractivity (Wildman–Crippen MR) is 81.3 cm³/mol. The Morgan fingerprint density at radius 1 is 1.16 bits per heavy atom. The van der Waals surface area contributed by atoms with Crippen LogP contribution in [-0.2, 0) is 6.54 Å². The van der Waals surface area contributed by atoms with Crippen LogP contribution in [0, 0.1) is 6.92 Å². The molecule has 0 bridgehead atoms. The lowest BCUT2D eigenvalue weighted by Crippen LogP contribution is -2.00. The normalized spacial score (nSPS) is 10.4. The summed E-state index contributed by atoms with van der Waals surface area (Å²) in [5.41, 5.74) is 2.31. The second kappa shape index (κ2) is 6.38. The number of benzene rings is 1. The maximum Gasteiger partial charge on any atom is 0.192 e. The van der Waals surface area contributed by atoms with Crippen molar-refractivity contribution in [3.8, 4) is 11.4 Å². The summed E-state index contributed by atoms with van der Waals surface area (Å²) in [7, 11) is 0. The maximum absolute atomic E-state index is 4.30. The van der Waals surface area contributed by atoms with Crippen molar-refractivity contribution in [1.82, 2.24) is 14.8 Å². The maximum atomic E-state index is 4.30. The highest BCUT2D eigenvalue weighted by Crippen LogP contribution is 2.24. The van der Waals surface area contributed by atoms with Crippen LogP contribution in [0.1, 0.15) is 5.56 Å². The molecule has 0 aliphatic rings. The van der Waals surface area contributed by atoms with Crippen LogP contribution < -0.4 is 0 Å². The van der Waals surface area contributed by atoms with Crippen molar-refractivity contribution in [1.29, 1.82) is 0 Å². The Balaban J connectivity index is 2.38. The van der Waals surface area contributed by atoms with Crippen molar-refractivity contribution >= 4 is 11.8 Å². The van der Waals surface area contributed by atoms with E-state index in [9.17, 15) is 0 Å². The van der Waals surface area contributed by atoms with E-state index in [1.54, 1.807) is 11.8 Å². The number of hydrogen-bond donors (Lipinski definition) is 0. The Labute approximate surface area is 118 Å². The molecule has 98 valence electrons. The van der Waals surface area contributed by atoms with Crippen molar-refractivity contribution in [3.63, 3.8) is 0 Å². The van der Waals surface area contributed by atoms with Gasteiger partial charge in [0.2, 0.25) is 0 Å². The van der Waals surface area contributed by atoms with Crippen LogP contribution in [0.15, 0.2) is 54.7 Å². The molecule has 0 atom stereocenters. The fourth-order valence-corrected chi connectivity index (χ4v) is 2.42. The summed E-state index contributed by atoms with van der Waals surface area (Å²) in [6.45, 7) is 10.3. The summed E-state index contributed by atoms with van der Waals surface area (Å²) in [5.74, 6) is 1.70. The average molecular weight is 271 g/mol. The first kappa shape index (κ1) is 13.6. The Morgan fingerprint density at radius 3 is 2.53 bits per heavy atom. The Hall–Kier alpha value is -1.81. The largest absolute Gasteiger partial charge is 0.298 e. The van der Waals surface area contributed by atoms with Gasteiger partial charge < -0.3 is 0 Å². The molecule has 0 amide bonds. The highest BCUT2D eigenvalue weighted by molar-refractivity contribution is 7.99. The number of allylic oxidation sites excluding steroid dienone is 1. The van der Waals surface area contributed by atoms with Gasteiger partial charge in [-0.15, -0.1) is 23.4 Å². The second-order valence-corrected chi connectivity index (χ2v) is 5.16. The fourth-order valence-electron chi connectivity index (χ4n) is 1.74. The van der Waals surface area contributed by atoms with Crippen molar-refractivity contribution in [2.75, 3.05) is 5.75 Å². The van der Waals surface area contributed by atoms with E-state index in [1.807, 2.05) is 12.2 Å². The van der Waals surface area contributed by atoms with Crippen LogP contribution in [0.4, 0.5) is 0 Å². The summed E-state index contributed by atoms with van der Waals surface area (Å²) in [6.07, 6.45) is 3.72. The highest BCUT2D eigenvalue weighted by atomic mass is 32.2. The second-order valence-electron chi connectivity index (χ2n) is 4.17. The van der Waals surface area contributed by atoms with Gasteiger partial charge in [-0.05, 0) is 6.92 Å².